The second-order valence-corrected chi connectivity index (χ2v) is 14.0. The summed E-state index contributed by atoms with van der Waals surface area (Å²) in [5, 5.41) is 12.2. The molecule has 6 N–H and O–H groups in total. The van der Waals surface area contributed by atoms with Crippen LogP contribution < -0.4 is 32.1 Å². The molecule has 2 aliphatic carbocycles. The van der Waals surface area contributed by atoms with E-state index in [4.69, 9.17) is 0 Å². The molecule has 3 aromatic carbocycles. The molecule has 2 spiro atoms. The van der Waals surface area contributed by atoms with Crippen LogP contribution in [-0.4, -0.2) is 57.0 Å². The quantitative estimate of drug-likeness (QED) is 0.195. The molecule has 2 aliphatic heterocycles. The first-order valence-corrected chi connectivity index (χ1v) is 17.1. The number of urea groups is 4. The van der Waals surface area contributed by atoms with Crippen molar-refractivity contribution in [1.29, 1.82) is 0 Å². The fraction of sp³-hybridized carbons (Fsp3) is 0.273. The number of amides is 10. The first-order valence-electron chi connectivity index (χ1n) is 15.5. The van der Waals surface area contributed by atoms with Crippen LogP contribution in [0.2, 0.25) is 0 Å². The predicted molar refractivity (Wildman–Crippen MR) is 186 cm³/mol. The number of hydrogen-bond acceptors (Lipinski definition) is 6. The summed E-state index contributed by atoms with van der Waals surface area (Å²) in [5.41, 5.74) is 5.95. The topological polar surface area (TPSA) is 181 Å². The minimum Gasteiger partial charge on any atom is -0.322 e. The van der Waals surface area contributed by atoms with Gasteiger partial charge in [-0.15, -0.1) is 0 Å². The molecule has 0 unspecified atom stereocenters. The largest absolute Gasteiger partial charge is 0.344 e. The third-order valence-corrected chi connectivity index (χ3v) is 9.82. The van der Waals surface area contributed by atoms with Crippen LogP contribution in [0.15, 0.2) is 81.7 Å². The van der Waals surface area contributed by atoms with Gasteiger partial charge in [0, 0.05) is 33.2 Å². The molecule has 1 saturated carbocycles. The second-order valence-electron chi connectivity index (χ2n) is 12.1. The van der Waals surface area contributed by atoms with Crippen LogP contribution in [0.25, 0.3) is 0 Å². The molecular formula is C33H32Br2N8O6. The molecule has 2 heterocycles. The van der Waals surface area contributed by atoms with Crippen LogP contribution in [0.5, 0.6) is 0 Å². The van der Waals surface area contributed by atoms with Gasteiger partial charge in [0.15, 0.2) is 0 Å². The van der Waals surface area contributed by atoms with Crippen LogP contribution in [0.1, 0.15) is 43.2 Å². The Morgan fingerprint density at radius 1 is 0.592 bits per heavy atom. The number of nitrogens with one attached hydrogen (secondary N) is 6. The van der Waals surface area contributed by atoms with Gasteiger partial charge in [0.1, 0.15) is 11.1 Å². The van der Waals surface area contributed by atoms with Crippen molar-refractivity contribution in [3.8, 4) is 0 Å². The molecule has 7 rings (SSSR count). The smallest absolute Gasteiger partial charge is 0.322 e. The number of imide groups is 2. The molecule has 0 aromatic heterocycles. The number of anilines is 2. The van der Waals surface area contributed by atoms with Crippen molar-refractivity contribution < 1.29 is 28.8 Å². The monoisotopic (exact) mass is 794 g/mol. The molecule has 0 atom stereocenters. The SMILES string of the molecule is O=C(Nc1ccc(Br)cc1)NN1C(=O)NC2(CCCCC2)C1=O.O=C(Nc1ccc(Br)cc1)NN1C(=O)NC2(Cc3ccccc3C2)C1=O. The van der Waals surface area contributed by atoms with Crippen LogP contribution in [-0.2, 0) is 22.4 Å². The molecule has 0 bridgehead atoms. The number of halogens is 2. The van der Waals surface area contributed by atoms with Crippen molar-refractivity contribution >= 4 is 79.2 Å². The van der Waals surface area contributed by atoms with Crippen LogP contribution in [0, 0.1) is 0 Å². The molecular weight excluding hydrogens is 764 g/mol. The van der Waals surface area contributed by atoms with E-state index in [-0.39, 0.29) is 5.91 Å². The van der Waals surface area contributed by atoms with Crippen molar-refractivity contribution in [2.75, 3.05) is 10.6 Å². The summed E-state index contributed by atoms with van der Waals surface area (Å²) < 4.78 is 1.76. The summed E-state index contributed by atoms with van der Waals surface area (Å²) in [6.07, 6.45) is 4.91. The zero-order chi connectivity index (χ0) is 34.8. The Morgan fingerprint density at radius 3 is 1.45 bits per heavy atom. The third-order valence-electron chi connectivity index (χ3n) is 8.76. The predicted octanol–water partition coefficient (Wildman–Crippen LogP) is 5.32. The lowest BCUT2D eigenvalue weighted by Crippen LogP contribution is -2.51. The Kier molecular flexibility index (Phi) is 9.61. The fourth-order valence-electron chi connectivity index (χ4n) is 6.38. The van der Waals surface area contributed by atoms with E-state index in [9.17, 15) is 28.8 Å². The zero-order valence-corrected chi connectivity index (χ0v) is 29.1. The normalized spacial score (nSPS) is 18.3. The van der Waals surface area contributed by atoms with Gasteiger partial charge in [0.2, 0.25) is 0 Å². The lowest BCUT2D eigenvalue weighted by atomic mass is 9.82. The Balaban J connectivity index is 0.000000171. The highest BCUT2D eigenvalue weighted by atomic mass is 79.9. The number of benzene rings is 3. The zero-order valence-electron chi connectivity index (χ0n) is 26.0. The lowest BCUT2D eigenvalue weighted by Gasteiger charge is -2.30. The van der Waals surface area contributed by atoms with E-state index in [0.717, 1.165) is 49.4 Å². The molecule has 0 radical (unpaired) electrons. The highest BCUT2D eigenvalue weighted by Crippen LogP contribution is 2.35. The summed E-state index contributed by atoms with van der Waals surface area (Å²) in [6.45, 7) is 0. The molecule has 254 valence electrons. The maximum atomic E-state index is 12.8. The molecule has 49 heavy (non-hydrogen) atoms. The van der Waals surface area contributed by atoms with Crippen molar-refractivity contribution in [3.05, 3.63) is 92.9 Å². The number of carbonyl (C=O) groups is 6. The van der Waals surface area contributed by atoms with Gasteiger partial charge in [-0.25, -0.2) is 30.0 Å². The standard InChI is InChI=1S/C18H15BrN4O3.C15H17BrN4O3/c19-13-5-7-14(8-6-13)20-16(25)22-23-15(24)18(21-17(23)26)9-11-3-1-2-4-12(11)10-18;16-10-4-6-11(7-5-10)17-13(22)19-20-12(21)15(18-14(20)23)8-2-1-3-9-15/h1-8H,9-10H2,(H,21,26)(H2,20,22,25);4-7H,1-3,8-9H2,(H,18,23)(H2,17,19,22). The minimum absolute atomic E-state index is 0.381. The lowest BCUT2D eigenvalue weighted by molar-refractivity contribution is -0.134. The van der Waals surface area contributed by atoms with Crippen LogP contribution >= 0.6 is 31.9 Å². The van der Waals surface area contributed by atoms with Crippen molar-refractivity contribution in [1.82, 2.24) is 31.5 Å². The van der Waals surface area contributed by atoms with Gasteiger partial charge in [-0.2, -0.15) is 10.0 Å². The number of carbonyl (C=O) groups excluding carboxylic acids is 6. The number of rotatable bonds is 4. The summed E-state index contributed by atoms with van der Waals surface area (Å²) in [6, 6.07) is 19.1. The Bertz CT molecular complexity index is 1790. The maximum absolute atomic E-state index is 12.8. The Hall–Kier alpha value is -4.96. The van der Waals surface area contributed by atoms with E-state index in [1.165, 1.54) is 0 Å². The van der Waals surface area contributed by atoms with Gasteiger partial charge in [-0.1, -0.05) is 75.4 Å². The molecule has 2 saturated heterocycles. The summed E-state index contributed by atoms with van der Waals surface area (Å²) in [7, 11) is 0. The molecule has 10 amide bonds. The first-order chi connectivity index (χ1) is 23.5. The van der Waals surface area contributed by atoms with Gasteiger partial charge in [0.25, 0.3) is 11.8 Å². The van der Waals surface area contributed by atoms with Gasteiger partial charge < -0.3 is 21.3 Å². The van der Waals surface area contributed by atoms with Gasteiger partial charge >= 0.3 is 24.1 Å². The first kappa shape index (κ1) is 33.9. The van der Waals surface area contributed by atoms with E-state index in [0.29, 0.717) is 37.1 Å². The number of hydrazine groups is 2. The molecule has 16 heteroatoms. The molecule has 3 fully saturated rings. The second kappa shape index (κ2) is 13.9. The summed E-state index contributed by atoms with van der Waals surface area (Å²) in [4.78, 5) is 73.8. The molecule has 3 aromatic rings. The van der Waals surface area contributed by atoms with Crippen LogP contribution in [0.4, 0.5) is 30.6 Å². The summed E-state index contributed by atoms with van der Waals surface area (Å²) >= 11 is 6.62. The van der Waals surface area contributed by atoms with Crippen molar-refractivity contribution in [2.24, 2.45) is 0 Å². The Morgan fingerprint density at radius 2 is 1.00 bits per heavy atom. The third kappa shape index (κ3) is 7.24. The van der Waals surface area contributed by atoms with E-state index in [1.54, 1.807) is 48.5 Å². The van der Waals surface area contributed by atoms with Gasteiger partial charge in [-0.05, 0) is 72.5 Å². The average molecular weight is 796 g/mol. The van der Waals surface area contributed by atoms with Crippen molar-refractivity contribution in [2.45, 2.75) is 56.0 Å². The number of fused-ring (bicyclic) bond motifs is 1. The van der Waals surface area contributed by atoms with E-state index < -0.39 is 41.1 Å². The Labute approximate surface area is 297 Å². The average Bonchev–Trinajstić information content (AvgIpc) is 3.64. The molecule has 14 nitrogen and oxygen atoms in total. The van der Waals surface area contributed by atoms with Gasteiger partial charge in [-0.3, -0.25) is 9.59 Å². The summed E-state index contributed by atoms with van der Waals surface area (Å²) in [5.74, 6) is -0.835. The van der Waals surface area contributed by atoms with Crippen LogP contribution in [0.3, 0.4) is 0 Å². The maximum Gasteiger partial charge on any atom is 0.344 e. The highest BCUT2D eigenvalue weighted by molar-refractivity contribution is 9.10. The van der Waals surface area contributed by atoms with E-state index in [2.05, 4.69) is 64.0 Å². The minimum atomic E-state index is -1.02. The number of hydrogen-bond donors (Lipinski definition) is 6. The van der Waals surface area contributed by atoms with E-state index >= 15 is 0 Å². The van der Waals surface area contributed by atoms with E-state index in [1.807, 2.05) is 24.3 Å². The highest BCUT2D eigenvalue weighted by Gasteiger charge is 2.55. The van der Waals surface area contributed by atoms with Gasteiger partial charge in [0.05, 0.1) is 0 Å². The molecule has 4 aliphatic rings. The number of nitrogens with zero attached hydrogens (tertiary/aromatic N) is 2. The van der Waals surface area contributed by atoms with Crippen molar-refractivity contribution in [3.63, 3.8) is 0 Å². The fourth-order valence-corrected chi connectivity index (χ4v) is 6.91.